The van der Waals surface area contributed by atoms with Crippen molar-refractivity contribution in [3.8, 4) is 0 Å². The van der Waals surface area contributed by atoms with Gasteiger partial charge in [0.15, 0.2) is 0 Å². The van der Waals surface area contributed by atoms with E-state index in [2.05, 4.69) is 0 Å². The van der Waals surface area contributed by atoms with Gasteiger partial charge in [-0.3, -0.25) is 8.37 Å². The lowest BCUT2D eigenvalue weighted by Crippen LogP contribution is -2.18. The van der Waals surface area contributed by atoms with Gasteiger partial charge >= 0.3 is 11.4 Å². The Bertz CT molecular complexity index is 272. The van der Waals surface area contributed by atoms with Crippen LogP contribution in [-0.4, -0.2) is 36.3 Å². The van der Waals surface area contributed by atoms with Crippen molar-refractivity contribution in [3.05, 3.63) is 0 Å². The van der Waals surface area contributed by atoms with Crippen molar-refractivity contribution >= 4 is 21.2 Å². The molecule has 2 fully saturated rings. The van der Waals surface area contributed by atoms with Crippen LogP contribution in [0.25, 0.3) is 0 Å². The fourth-order valence-electron chi connectivity index (χ4n) is 1.20. The molecule has 2 saturated heterocycles. The summed E-state index contributed by atoms with van der Waals surface area (Å²) >= 11 is -1.70. The van der Waals surface area contributed by atoms with E-state index in [9.17, 15) is 8.42 Å². The van der Waals surface area contributed by atoms with Gasteiger partial charge in [-0.15, -0.1) is 0 Å². The first-order chi connectivity index (χ1) is 5.07. The summed E-state index contributed by atoms with van der Waals surface area (Å²) in [5, 5.41) is 0. The maximum atomic E-state index is 11.0. The topological polar surface area (TPSA) is 74.0 Å². The zero-order valence-electron chi connectivity index (χ0n) is 5.47. The Morgan fingerprint density at radius 2 is 1.82 bits per heavy atom. The van der Waals surface area contributed by atoms with Crippen LogP contribution in [0.5, 0.6) is 0 Å². The van der Waals surface area contributed by atoms with Crippen LogP contribution in [0, 0.1) is 0 Å². The molecule has 7 heteroatoms. The van der Waals surface area contributed by atoms with Gasteiger partial charge < -0.3 is 0 Å². The molecule has 64 valence electrons. The van der Waals surface area contributed by atoms with Crippen molar-refractivity contribution in [1.29, 1.82) is 0 Å². The number of hydrogen-bond acceptors (Lipinski definition) is 4. The van der Waals surface area contributed by atoms with Crippen LogP contribution >= 0.6 is 0 Å². The van der Waals surface area contributed by atoms with Crippen molar-refractivity contribution in [2.45, 2.75) is 12.2 Å². The third-order valence-corrected chi connectivity index (χ3v) is 4.18. The smallest absolute Gasteiger partial charge is 0.261 e. The summed E-state index contributed by atoms with van der Waals surface area (Å²) in [6.07, 6.45) is -0.901. The summed E-state index contributed by atoms with van der Waals surface area (Å²) in [6.45, 7) is 0. The highest BCUT2D eigenvalue weighted by Crippen LogP contribution is 2.26. The van der Waals surface area contributed by atoms with Crippen molar-refractivity contribution in [2.75, 3.05) is 11.5 Å². The molecule has 2 atom stereocenters. The molecule has 2 aliphatic rings. The van der Waals surface area contributed by atoms with E-state index >= 15 is 0 Å². The molecule has 2 rings (SSSR count). The monoisotopic (exact) mass is 199 g/mol. The molecule has 2 aliphatic heterocycles. The van der Waals surface area contributed by atoms with Crippen LogP contribution in [0.15, 0.2) is 0 Å². The third kappa shape index (κ3) is 1.33. The molecule has 2 unspecified atom stereocenters. The molecule has 0 saturated carbocycles. The molecule has 0 radical (unpaired) electrons. The molecule has 0 aromatic carbocycles. The molecule has 0 aromatic rings. The summed E-state index contributed by atoms with van der Waals surface area (Å²) in [6, 6.07) is 0. The van der Waals surface area contributed by atoms with E-state index < -0.39 is 33.4 Å². The van der Waals surface area contributed by atoms with Crippen LogP contribution in [0.1, 0.15) is 0 Å². The average Bonchev–Trinajstić information content (AvgIpc) is 2.17. The molecule has 0 spiro atoms. The van der Waals surface area contributed by atoms with Gasteiger partial charge in [-0.1, -0.05) is 0 Å². The number of hydrogen-bond donors (Lipinski definition) is 0. The maximum absolute atomic E-state index is 11.0. The summed E-state index contributed by atoms with van der Waals surface area (Å²) in [5.74, 6) is 0.0901. The first kappa shape index (κ1) is 7.66. The Morgan fingerprint density at radius 1 is 1.36 bits per heavy atom. The molecule has 2 heterocycles. The van der Waals surface area contributed by atoms with Crippen LogP contribution in [0.4, 0.5) is 0 Å². The van der Waals surface area contributed by atoms with Gasteiger partial charge in [0, 0.05) is 0 Å². The Morgan fingerprint density at radius 3 is 2.27 bits per heavy atom. The van der Waals surface area contributed by atoms with Crippen molar-refractivity contribution < 1.29 is 21.0 Å². The minimum absolute atomic E-state index is 0.0450. The lowest BCUT2D eigenvalue weighted by atomic mass is 10.3. The second kappa shape index (κ2) is 2.25. The molecule has 0 aliphatic carbocycles. The second-order valence-electron chi connectivity index (χ2n) is 2.58. The van der Waals surface area contributed by atoms with Crippen molar-refractivity contribution in [2.24, 2.45) is 0 Å². The predicted octanol–water partition coefficient (Wildman–Crippen LogP) is -1.07. The summed E-state index contributed by atoms with van der Waals surface area (Å²) in [4.78, 5) is 0. The largest absolute Gasteiger partial charge is 0.305 e. The van der Waals surface area contributed by atoms with E-state index in [0.29, 0.717) is 0 Å². The normalized spacial score (nSPS) is 56.2. The second-order valence-corrected chi connectivity index (χ2v) is 5.58. The van der Waals surface area contributed by atoms with Crippen molar-refractivity contribution in [1.82, 2.24) is 0 Å². The zero-order valence-corrected chi connectivity index (χ0v) is 7.10. The van der Waals surface area contributed by atoms with Gasteiger partial charge in [-0.25, -0.2) is 4.21 Å². The van der Waals surface area contributed by atoms with Crippen LogP contribution < -0.4 is 0 Å². The van der Waals surface area contributed by atoms with E-state index in [1.165, 1.54) is 0 Å². The van der Waals surface area contributed by atoms with Crippen LogP contribution in [0.3, 0.4) is 0 Å². The number of rotatable bonds is 0. The zero-order chi connectivity index (χ0) is 8.06. The number of fused-ring (bicyclic) bond motifs is 1. The quantitative estimate of drug-likeness (QED) is 0.466. The Hall–Kier alpha value is 0.0200. The fraction of sp³-hybridized carbons (Fsp3) is 1.00. The Labute approximate surface area is 66.5 Å². The highest BCUT2D eigenvalue weighted by molar-refractivity contribution is 7.91. The van der Waals surface area contributed by atoms with E-state index in [-0.39, 0.29) is 11.5 Å². The van der Waals surface area contributed by atoms with Crippen LogP contribution in [-0.2, 0) is 29.6 Å². The lowest BCUT2D eigenvalue weighted by Gasteiger charge is -1.95. The Balaban J connectivity index is 2.22. The molecular formula is C4H7O5S2+. The first-order valence-corrected chi connectivity index (χ1v) is 5.90. The molecule has 0 aromatic heterocycles. The highest BCUT2D eigenvalue weighted by atomic mass is 32.2. The van der Waals surface area contributed by atoms with Gasteiger partial charge in [-0.05, 0) is 0 Å². The standard InChI is InChI=1S/C4H6O5S2/c5-10-8-3-1-11(6,7)2-4(3)9-10/h3-4H,1-2H2/p+1. The van der Waals surface area contributed by atoms with Gasteiger partial charge in [0.1, 0.15) is 23.7 Å². The molecule has 0 bridgehead atoms. The molecule has 0 amide bonds. The first-order valence-electron chi connectivity index (χ1n) is 3.05. The highest BCUT2D eigenvalue weighted by Gasteiger charge is 2.49. The van der Waals surface area contributed by atoms with Gasteiger partial charge in [0.2, 0.25) is 0 Å². The van der Waals surface area contributed by atoms with E-state index in [1.54, 1.807) is 0 Å². The Kier molecular flexibility index (Phi) is 1.57. The third-order valence-electron chi connectivity index (χ3n) is 1.67. The van der Waals surface area contributed by atoms with Crippen LogP contribution in [0.2, 0.25) is 0 Å². The van der Waals surface area contributed by atoms with E-state index in [1.807, 2.05) is 0 Å². The molecule has 11 heavy (non-hydrogen) atoms. The van der Waals surface area contributed by atoms with E-state index in [0.717, 1.165) is 0 Å². The SMILES string of the molecule is O=S1OC2CS(=O)(=[OH+])CC2O1. The maximum Gasteiger partial charge on any atom is 0.305 e. The molecule has 1 N–H and O–H groups in total. The van der Waals surface area contributed by atoms with Gasteiger partial charge in [0.25, 0.3) is 9.84 Å². The van der Waals surface area contributed by atoms with Gasteiger partial charge in [-0.2, -0.15) is 8.42 Å². The average molecular weight is 199 g/mol. The minimum Gasteiger partial charge on any atom is -0.261 e. The molecular weight excluding hydrogens is 192 g/mol. The van der Waals surface area contributed by atoms with Gasteiger partial charge in [0.05, 0.1) is 0 Å². The summed E-state index contributed by atoms with van der Waals surface area (Å²) in [7, 11) is -2.76. The minimum atomic E-state index is -2.76. The summed E-state index contributed by atoms with van der Waals surface area (Å²) in [5.41, 5.74) is 0. The van der Waals surface area contributed by atoms with E-state index in [4.69, 9.17) is 12.6 Å². The molecule has 5 nitrogen and oxygen atoms in total. The predicted molar refractivity (Wildman–Crippen MR) is 37.7 cm³/mol. The summed E-state index contributed by atoms with van der Waals surface area (Å²) < 4.78 is 40.1. The van der Waals surface area contributed by atoms with Crippen molar-refractivity contribution in [3.63, 3.8) is 0 Å². The fourth-order valence-corrected chi connectivity index (χ4v) is 3.93. The lowest BCUT2D eigenvalue weighted by molar-refractivity contribution is 0.205.